The Balaban J connectivity index is 2.31. The maximum atomic E-state index is 12.9. The van der Waals surface area contributed by atoms with Crippen LogP contribution in [0.25, 0.3) is 0 Å². The Morgan fingerprint density at radius 2 is 2.11 bits per heavy atom. The summed E-state index contributed by atoms with van der Waals surface area (Å²) in [5.74, 6) is -0.575. The second-order valence-corrected chi connectivity index (χ2v) is 6.09. The monoisotopic (exact) mass is 284 g/mol. The zero-order valence-corrected chi connectivity index (χ0v) is 11.0. The molecule has 0 amide bonds. The maximum absolute atomic E-state index is 12.9. The average Bonchev–Trinajstić information content (AvgIpc) is 2.81. The number of benzene rings is 1. The lowest BCUT2D eigenvalue weighted by atomic mass is 10.3. The molecule has 0 fully saturated rings. The lowest BCUT2D eigenvalue weighted by Crippen LogP contribution is -2.27. The third-order valence-electron chi connectivity index (χ3n) is 2.65. The second kappa shape index (κ2) is 5.02. The van der Waals surface area contributed by atoms with Crippen molar-refractivity contribution in [3.8, 4) is 0 Å². The number of sulfonamides is 1. The second-order valence-electron chi connectivity index (χ2n) is 4.07. The normalized spacial score (nSPS) is 11.9. The Labute approximate surface area is 110 Å². The van der Waals surface area contributed by atoms with E-state index in [0.717, 1.165) is 22.5 Å². The Morgan fingerprint density at radius 3 is 2.68 bits per heavy atom. The van der Waals surface area contributed by atoms with Gasteiger partial charge in [0.2, 0.25) is 10.0 Å². The summed E-state index contributed by atoms with van der Waals surface area (Å²) < 4.78 is 43.5. The van der Waals surface area contributed by atoms with Crippen LogP contribution < -0.4 is 5.73 Å². The topological polar surface area (TPSA) is 76.5 Å². The van der Waals surface area contributed by atoms with Gasteiger partial charge in [0.25, 0.3) is 0 Å². The number of nitrogens with zero attached hydrogens (tertiary/aromatic N) is 1. The summed E-state index contributed by atoms with van der Waals surface area (Å²) >= 11 is 0. The molecule has 0 aliphatic rings. The predicted molar refractivity (Wildman–Crippen MR) is 68.2 cm³/mol. The van der Waals surface area contributed by atoms with Crippen molar-refractivity contribution in [2.45, 2.75) is 11.4 Å². The fourth-order valence-corrected chi connectivity index (χ4v) is 2.90. The molecule has 0 spiro atoms. The highest BCUT2D eigenvalue weighted by Gasteiger charge is 2.23. The molecule has 0 radical (unpaired) electrons. The van der Waals surface area contributed by atoms with Crippen LogP contribution in [0.5, 0.6) is 0 Å². The van der Waals surface area contributed by atoms with E-state index in [1.807, 2.05) is 0 Å². The van der Waals surface area contributed by atoms with Crippen molar-refractivity contribution >= 4 is 15.7 Å². The molecule has 0 bridgehead atoms. The zero-order chi connectivity index (χ0) is 14.0. The average molecular weight is 284 g/mol. The van der Waals surface area contributed by atoms with E-state index < -0.39 is 15.8 Å². The fraction of sp³-hybridized carbons (Fsp3) is 0.167. The van der Waals surface area contributed by atoms with Crippen molar-refractivity contribution in [1.29, 1.82) is 0 Å². The number of anilines is 1. The van der Waals surface area contributed by atoms with Gasteiger partial charge < -0.3 is 10.2 Å². The number of rotatable bonds is 4. The summed E-state index contributed by atoms with van der Waals surface area (Å²) in [5.41, 5.74) is 6.16. The quantitative estimate of drug-likeness (QED) is 0.869. The Hall–Kier alpha value is -1.86. The van der Waals surface area contributed by atoms with Gasteiger partial charge in [-0.3, -0.25) is 0 Å². The van der Waals surface area contributed by atoms with E-state index in [1.165, 1.54) is 19.6 Å². The van der Waals surface area contributed by atoms with Gasteiger partial charge in [-0.25, -0.2) is 12.8 Å². The summed E-state index contributed by atoms with van der Waals surface area (Å²) in [6.07, 6.45) is 2.92. The molecule has 5 nitrogen and oxygen atoms in total. The molecule has 1 heterocycles. The van der Waals surface area contributed by atoms with Crippen molar-refractivity contribution in [1.82, 2.24) is 4.31 Å². The highest BCUT2D eigenvalue weighted by molar-refractivity contribution is 7.89. The number of halogens is 1. The Bertz CT molecular complexity index is 668. The van der Waals surface area contributed by atoms with Crippen LogP contribution in [-0.2, 0) is 16.6 Å². The lowest BCUT2D eigenvalue weighted by Gasteiger charge is -2.17. The number of hydrogen-bond acceptors (Lipinski definition) is 4. The maximum Gasteiger partial charge on any atom is 0.245 e. The molecule has 2 aromatic rings. The van der Waals surface area contributed by atoms with Gasteiger partial charge in [-0.05, 0) is 24.3 Å². The molecule has 0 saturated heterocycles. The molecular formula is C12H13FN2O3S. The number of nitrogen functional groups attached to an aromatic ring is 1. The highest BCUT2D eigenvalue weighted by Crippen LogP contribution is 2.23. The number of nitrogens with two attached hydrogens (primary N) is 1. The molecule has 102 valence electrons. The minimum absolute atomic E-state index is 0.111. The minimum Gasteiger partial charge on any atom is -0.472 e. The van der Waals surface area contributed by atoms with Gasteiger partial charge in [0.15, 0.2) is 0 Å². The van der Waals surface area contributed by atoms with E-state index in [1.54, 1.807) is 6.07 Å². The van der Waals surface area contributed by atoms with Crippen molar-refractivity contribution in [3.63, 3.8) is 0 Å². The van der Waals surface area contributed by atoms with Crippen LogP contribution >= 0.6 is 0 Å². The fourth-order valence-electron chi connectivity index (χ4n) is 1.65. The molecule has 1 aromatic carbocycles. The molecule has 0 saturated carbocycles. The number of furan rings is 1. The van der Waals surface area contributed by atoms with Gasteiger partial charge in [-0.1, -0.05) is 0 Å². The first-order chi connectivity index (χ1) is 8.91. The van der Waals surface area contributed by atoms with Gasteiger partial charge in [-0.15, -0.1) is 0 Å². The van der Waals surface area contributed by atoms with Crippen LogP contribution in [0.15, 0.2) is 46.1 Å². The van der Waals surface area contributed by atoms with E-state index in [-0.39, 0.29) is 17.1 Å². The SMILES string of the molecule is CN(Cc1ccoc1)S(=O)(=O)c1ccc(F)cc1N. The smallest absolute Gasteiger partial charge is 0.245 e. The van der Waals surface area contributed by atoms with Gasteiger partial charge in [0.1, 0.15) is 10.7 Å². The van der Waals surface area contributed by atoms with E-state index in [0.29, 0.717) is 5.56 Å². The Morgan fingerprint density at radius 1 is 1.37 bits per heavy atom. The molecule has 0 atom stereocenters. The first-order valence-corrected chi connectivity index (χ1v) is 6.87. The molecule has 0 unspecified atom stereocenters. The molecule has 19 heavy (non-hydrogen) atoms. The molecular weight excluding hydrogens is 271 g/mol. The number of hydrogen-bond donors (Lipinski definition) is 1. The highest BCUT2D eigenvalue weighted by atomic mass is 32.2. The van der Waals surface area contributed by atoms with Gasteiger partial charge in [0.05, 0.1) is 18.2 Å². The molecule has 0 aliphatic heterocycles. The summed E-state index contributed by atoms with van der Waals surface area (Å²) in [7, 11) is -2.34. The Kier molecular flexibility index (Phi) is 3.59. The van der Waals surface area contributed by atoms with E-state index in [9.17, 15) is 12.8 Å². The van der Waals surface area contributed by atoms with E-state index in [2.05, 4.69) is 0 Å². The van der Waals surface area contributed by atoms with Crippen molar-refractivity contribution in [2.24, 2.45) is 0 Å². The third kappa shape index (κ3) is 2.77. The first kappa shape index (κ1) is 13.6. The van der Waals surface area contributed by atoms with Crippen LogP contribution in [0.4, 0.5) is 10.1 Å². The van der Waals surface area contributed by atoms with Crippen LogP contribution in [0.2, 0.25) is 0 Å². The van der Waals surface area contributed by atoms with E-state index >= 15 is 0 Å². The summed E-state index contributed by atoms with van der Waals surface area (Å²) in [6, 6.07) is 4.87. The first-order valence-electron chi connectivity index (χ1n) is 5.43. The van der Waals surface area contributed by atoms with Crippen LogP contribution in [-0.4, -0.2) is 19.8 Å². The largest absolute Gasteiger partial charge is 0.472 e. The van der Waals surface area contributed by atoms with Crippen molar-refractivity contribution in [3.05, 3.63) is 48.2 Å². The molecule has 7 heteroatoms. The van der Waals surface area contributed by atoms with Gasteiger partial charge >= 0.3 is 0 Å². The lowest BCUT2D eigenvalue weighted by molar-refractivity contribution is 0.463. The van der Waals surface area contributed by atoms with Crippen molar-refractivity contribution in [2.75, 3.05) is 12.8 Å². The summed E-state index contributed by atoms with van der Waals surface area (Å²) in [5, 5.41) is 0. The van der Waals surface area contributed by atoms with Crippen LogP contribution in [0.3, 0.4) is 0 Å². The van der Waals surface area contributed by atoms with Gasteiger partial charge in [0, 0.05) is 19.2 Å². The standard InChI is InChI=1S/C12H13FN2O3S/c1-15(7-9-4-5-18-8-9)19(16,17)12-3-2-10(13)6-11(12)14/h2-6,8H,7,14H2,1H3. The van der Waals surface area contributed by atoms with Crippen LogP contribution in [0.1, 0.15) is 5.56 Å². The zero-order valence-electron chi connectivity index (χ0n) is 10.2. The molecule has 2 N–H and O–H groups in total. The van der Waals surface area contributed by atoms with E-state index in [4.69, 9.17) is 10.2 Å². The van der Waals surface area contributed by atoms with Crippen molar-refractivity contribution < 1.29 is 17.2 Å². The predicted octanol–water partition coefficient (Wildman–Crippen LogP) is 1.82. The van der Waals surface area contributed by atoms with Gasteiger partial charge in [-0.2, -0.15) is 4.31 Å². The minimum atomic E-state index is -3.76. The third-order valence-corrected chi connectivity index (χ3v) is 4.52. The molecule has 0 aliphatic carbocycles. The van der Waals surface area contributed by atoms with Crippen LogP contribution in [0, 0.1) is 5.82 Å². The summed E-state index contributed by atoms with van der Waals surface area (Å²) in [6.45, 7) is 0.148. The molecule has 1 aromatic heterocycles. The molecule has 2 rings (SSSR count). The summed E-state index contributed by atoms with van der Waals surface area (Å²) in [4.78, 5) is -0.111.